The van der Waals surface area contributed by atoms with Gasteiger partial charge in [-0.2, -0.15) is 0 Å². The summed E-state index contributed by atoms with van der Waals surface area (Å²) in [6.07, 6.45) is 4.92. The van der Waals surface area contributed by atoms with Crippen molar-refractivity contribution in [2.45, 2.75) is 45.6 Å². The number of benzene rings is 1. The van der Waals surface area contributed by atoms with Crippen molar-refractivity contribution in [1.29, 1.82) is 0 Å². The highest BCUT2D eigenvalue weighted by Gasteiger charge is 2.30. The van der Waals surface area contributed by atoms with E-state index in [-0.39, 0.29) is 18.3 Å². The lowest BCUT2D eigenvalue weighted by Gasteiger charge is -2.35. The number of hydrogen-bond acceptors (Lipinski definition) is 2. The van der Waals surface area contributed by atoms with Gasteiger partial charge in [-0.25, -0.2) is 0 Å². The van der Waals surface area contributed by atoms with Crippen molar-refractivity contribution in [3.8, 4) is 0 Å². The Hall–Kier alpha value is -1.06. The molecule has 1 unspecified atom stereocenters. The molecule has 1 aromatic rings. The zero-order valence-electron chi connectivity index (χ0n) is 13.6. The summed E-state index contributed by atoms with van der Waals surface area (Å²) < 4.78 is 0. The van der Waals surface area contributed by atoms with Crippen molar-refractivity contribution in [3.05, 3.63) is 34.9 Å². The molecule has 122 valence electrons. The number of carbonyl (C=O) groups excluding carboxylic acids is 1. The maximum atomic E-state index is 12.7. The second-order valence-corrected chi connectivity index (χ2v) is 6.65. The van der Waals surface area contributed by atoms with E-state index in [1.54, 1.807) is 0 Å². The van der Waals surface area contributed by atoms with Crippen molar-refractivity contribution in [2.75, 3.05) is 19.6 Å². The summed E-state index contributed by atoms with van der Waals surface area (Å²) in [5, 5.41) is 3.61. The van der Waals surface area contributed by atoms with Crippen LogP contribution in [0.15, 0.2) is 18.2 Å². The fourth-order valence-electron chi connectivity index (χ4n) is 3.84. The van der Waals surface area contributed by atoms with Crippen molar-refractivity contribution < 1.29 is 4.79 Å². The van der Waals surface area contributed by atoms with Crippen LogP contribution in [-0.2, 0) is 0 Å². The van der Waals surface area contributed by atoms with Crippen LogP contribution in [0.5, 0.6) is 0 Å². The van der Waals surface area contributed by atoms with E-state index < -0.39 is 0 Å². The molecule has 0 spiro atoms. The minimum atomic E-state index is 0. The van der Waals surface area contributed by atoms with Crippen LogP contribution >= 0.6 is 12.4 Å². The van der Waals surface area contributed by atoms with Crippen LogP contribution in [0.2, 0.25) is 0 Å². The van der Waals surface area contributed by atoms with E-state index in [4.69, 9.17) is 0 Å². The Balaban J connectivity index is 0.00000176. The molecule has 2 aliphatic rings. The monoisotopic (exact) mass is 322 g/mol. The molecule has 22 heavy (non-hydrogen) atoms. The Bertz CT molecular complexity index is 518. The average molecular weight is 323 g/mol. The highest BCUT2D eigenvalue weighted by atomic mass is 35.5. The predicted octanol–water partition coefficient (Wildman–Crippen LogP) is 3.33. The van der Waals surface area contributed by atoms with E-state index in [0.29, 0.717) is 6.04 Å². The minimum absolute atomic E-state index is 0. The van der Waals surface area contributed by atoms with E-state index in [1.807, 2.05) is 24.0 Å². The van der Waals surface area contributed by atoms with E-state index >= 15 is 0 Å². The molecule has 2 saturated heterocycles. The van der Waals surface area contributed by atoms with Crippen molar-refractivity contribution in [2.24, 2.45) is 5.92 Å². The van der Waals surface area contributed by atoms with Gasteiger partial charge in [-0.3, -0.25) is 4.79 Å². The molecule has 4 heteroatoms. The molecule has 1 N–H and O–H groups in total. The van der Waals surface area contributed by atoms with E-state index in [0.717, 1.165) is 43.0 Å². The molecular formula is C18H27ClN2O. The largest absolute Gasteiger partial charge is 0.339 e. The van der Waals surface area contributed by atoms with E-state index in [9.17, 15) is 4.79 Å². The molecule has 0 bridgehead atoms. The minimum Gasteiger partial charge on any atom is -0.339 e. The van der Waals surface area contributed by atoms with Crippen molar-refractivity contribution in [1.82, 2.24) is 10.2 Å². The van der Waals surface area contributed by atoms with Gasteiger partial charge in [0.05, 0.1) is 0 Å². The smallest absolute Gasteiger partial charge is 0.254 e. The lowest BCUT2D eigenvalue weighted by Crippen LogP contribution is -2.43. The SMILES string of the molecule is Cc1ccc(C(=O)N2CCC(C3CCCN3)CC2)c(C)c1.Cl. The highest BCUT2D eigenvalue weighted by Crippen LogP contribution is 2.26. The van der Waals surface area contributed by atoms with Gasteiger partial charge in [-0.05, 0) is 63.6 Å². The highest BCUT2D eigenvalue weighted by molar-refractivity contribution is 5.95. The van der Waals surface area contributed by atoms with Gasteiger partial charge in [0.2, 0.25) is 0 Å². The van der Waals surface area contributed by atoms with Gasteiger partial charge in [0.15, 0.2) is 0 Å². The van der Waals surface area contributed by atoms with Crippen molar-refractivity contribution >= 4 is 18.3 Å². The third kappa shape index (κ3) is 3.64. The zero-order chi connectivity index (χ0) is 14.8. The number of amides is 1. The van der Waals surface area contributed by atoms with Crippen LogP contribution in [-0.4, -0.2) is 36.5 Å². The number of nitrogens with zero attached hydrogens (tertiary/aromatic N) is 1. The topological polar surface area (TPSA) is 32.3 Å². The van der Waals surface area contributed by atoms with Gasteiger partial charge in [-0.1, -0.05) is 17.7 Å². The van der Waals surface area contributed by atoms with E-state index in [1.165, 1.54) is 24.9 Å². The third-order valence-corrected chi connectivity index (χ3v) is 5.11. The standard InChI is InChI=1S/C18H26N2O.ClH/c1-13-5-6-16(14(2)12-13)18(21)20-10-7-15(8-11-20)17-4-3-9-19-17;/h5-6,12,15,17,19H,3-4,7-11H2,1-2H3;1H. The molecule has 0 saturated carbocycles. The quantitative estimate of drug-likeness (QED) is 0.905. The number of carbonyl (C=O) groups is 1. The maximum absolute atomic E-state index is 12.7. The maximum Gasteiger partial charge on any atom is 0.254 e. The summed E-state index contributed by atoms with van der Waals surface area (Å²) >= 11 is 0. The fraction of sp³-hybridized carbons (Fsp3) is 0.611. The number of nitrogens with one attached hydrogen (secondary N) is 1. The first kappa shape index (κ1) is 17.3. The first-order valence-corrected chi connectivity index (χ1v) is 8.25. The normalized spacial score (nSPS) is 22.5. The van der Waals surface area contributed by atoms with E-state index in [2.05, 4.69) is 18.3 Å². The van der Waals surface area contributed by atoms with Gasteiger partial charge < -0.3 is 10.2 Å². The molecule has 0 radical (unpaired) electrons. The summed E-state index contributed by atoms with van der Waals surface area (Å²) in [5.41, 5.74) is 3.19. The summed E-state index contributed by atoms with van der Waals surface area (Å²) in [6.45, 7) is 7.10. The molecule has 2 fully saturated rings. The summed E-state index contributed by atoms with van der Waals surface area (Å²) in [7, 11) is 0. The predicted molar refractivity (Wildman–Crippen MR) is 92.8 cm³/mol. The number of likely N-dealkylation sites (tertiary alicyclic amines) is 1. The number of halogens is 1. The first-order valence-electron chi connectivity index (χ1n) is 8.25. The van der Waals surface area contributed by atoms with Crippen LogP contribution in [0.3, 0.4) is 0 Å². The Kier molecular flexibility index (Phi) is 5.87. The van der Waals surface area contributed by atoms with Gasteiger partial charge in [0.25, 0.3) is 5.91 Å². The molecule has 2 aliphatic heterocycles. The van der Waals surface area contributed by atoms with Crippen LogP contribution in [0.25, 0.3) is 0 Å². The third-order valence-electron chi connectivity index (χ3n) is 5.11. The average Bonchev–Trinajstić information content (AvgIpc) is 3.01. The number of rotatable bonds is 2. The van der Waals surface area contributed by atoms with Gasteiger partial charge in [0.1, 0.15) is 0 Å². The molecule has 3 nitrogen and oxygen atoms in total. The van der Waals surface area contributed by atoms with Gasteiger partial charge in [-0.15, -0.1) is 12.4 Å². The molecule has 1 aromatic carbocycles. The number of hydrogen-bond donors (Lipinski definition) is 1. The summed E-state index contributed by atoms with van der Waals surface area (Å²) in [5.74, 6) is 0.973. The molecule has 3 rings (SSSR count). The second kappa shape index (κ2) is 7.47. The van der Waals surface area contributed by atoms with Crippen LogP contribution in [0.4, 0.5) is 0 Å². The second-order valence-electron chi connectivity index (χ2n) is 6.65. The molecule has 0 aromatic heterocycles. The number of piperidine rings is 1. The van der Waals surface area contributed by atoms with Crippen LogP contribution < -0.4 is 5.32 Å². The Morgan fingerprint density at radius 2 is 1.91 bits per heavy atom. The molecule has 2 heterocycles. The molecule has 0 aliphatic carbocycles. The summed E-state index contributed by atoms with van der Waals surface area (Å²) in [6, 6.07) is 6.82. The molecule has 1 atom stereocenters. The Labute approximate surface area is 139 Å². The summed E-state index contributed by atoms with van der Waals surface area (Å²) in [4.78, 5) is 14.7. The zero-order valence-corrected chi connectivity index (χ0v) is 14.4. The fourth-order valence-corrected chi connectivity index (χ4v) is 3.84. The lowest BCUT2D eigenvalue weighted by atomic mass is 9.88. The Morgan fingerprint density at radius 3 is 2.50 bits per heavy atom. The molecule has 1 amide bonds. The van der Waals surface area contributed by atoms with Crippen LogP contribution in [0.1, 0.15) is 47.2 Å². The van der Waals surface area contributed by atoms with Gasteiger partial charge >= 0.3 is 0 Å². The van der Waals surface area contributed by atoms with Crippen LogP contribution in [0, 0.1) is 19.8 Å². The lowest BCUT2D eigenvalue weighted by molar-refractivity contribution is 0.0673. The van der Waals surface area contributed by atoms with Crippen molar-refractivity contribution in [3.63, 3.8) is 0 Å². The number of aryl methyl sites for hydroxylation is 2. The first-order chi connectivity index (χ1) is 10.1. The molecular weight excluding hydrogens is 296 g/mol. The Morgan fingerprint density at radius 1 is 1.18 bits per heavy atom. The van der Waals surface area contributed by atoms with Gasteiger partial charge in [0, 0.05) is 24.7 Å².